The van der Waals surface area contributed by atoms with E-state index in [2.05, 4.69) is 27.9 Å². The Morgan fingerprint density at radius 2 is 1.88 bits per heavy atom. The third-order valence-corrected chi connectivity index (χ3v) is 6.33. The molecule has 1 atom stereocenters. The number of nitrogens with zero attached hydrogens (tertiary/aromatic N) is 3. The first-order valence-electron chi connectivity index (χ1n) is 10.1. The molecule has 2 aliphatic heterocycles. The minimum Gasteiger partial charge on any atom is -0.333 e. The second kappa shape index (κ2) is 9.05. The number of halogens is 4. The van der Waals surface area contributed by atoms with Crippen LogP contribution in [0.15, 0.2) is 59.8 Å². The van der Waals surface area contributed by atoms with Gasteiger partial charge in [0.05, 0.1) is 46.7 Å². The molecule has 1 N–H and O–H groups in total. The van der Waals surface area contributed by atoms with Crippen LogP contribution in [0.4, 0.5) is 23.7 Å². The lowest BCUT2D eigenvalue weighted by molar-refractivity contribution is -0.137. The van der Waals surface area contributed by atoms with Crippen molar-refractivity contribution in [2.75, 3.05) is 22.4 Å². The number of amides is 3. The fraction of sp³-hybridized carbons (Fsp3) is 0.261. The molecule has 0 saturated heterocycles. The van der Waals surface area contributed by atoms with Crippen LogP contribution in [0.2, 0.25) is 0 Å². The van der Waals surface area contributed by atoms with E-state index in [9.17, 15) is 22.8 Å². The number of hydrogen-bond donors (Lipinski definition) is 1. The average Bonchev–Trinajstić information content (AvgIpc) is 3.12. The van der Waals surface area contributed by atoms with Gasteiger partial charge in [0.2, 0.25) is 0 Å². The standard InChI is InChI=1S/C23H18F3IN4O2/c24-23(25,26)16-3-1-4-17(11-16)31-18-13-30(10-2-9-27)21(32)19(18)20(29-22(31)33)15-7-5-14(12-28)6-8-15/h1,3-8,11,20H,2,9-10,13H2,(H,29,33)/t20-/m1/s1. The summed E-state index contributed by atoms with van der Waals surface area (Å²) in [5, 5.41) is 11.8. The minimum atomic E-state index is -4.57. The molecule has 0 aliphatic carbocycles. The Labute approximate surface area is 201 Å². The number of alkyl halides is 4. The third-order valence-electron chi connectivity index (χ3n) is 5.57. The highest BCUT2D eigenvalue weighted by atomic mass is 127. The summed E-state index contributed by atoms with van der Waals surface area (Å²) < 4.78 is 40.7. The number of nitriles is 1. The van der Waals surface area contributed by atoms with Gasteiger partial charge in [-0.1, -0.05) is 40.8 Å². The van der Waals surface area contributed by atoms with Crippen LogP contribution in [-0.2, 0) is 11.0 Å². The molecule has 2 heterocycles. The predicted octanol–water partition coefficient (Wildman–Crippen LogP) is 4.77. The van der Waals surface area contributed by atoms with Crippen molar-refractivity contribution in [3.63, 3.8) is 0 Å². The van der Waals surface area contributed by atoms with Gasteiger partial charge in [0.15, 0.2) is 0 Å². The largest absolute Gasteiger partial charge is 0.416 e. The Hall–Kier alpha value is -3.07. The second-order valence-corrected chi connectivity index (χ2v) is 8.71. The summed E-state index contributed by atoms with van der Waals surface area (Å²) in [4.78, 5) is 29.2. The van der Waals surface area contributed by atoms with Crippen molar-refractivity contribution in [2.24, 2.45) is 0 Å². The van der Waals surface area contributed by atoms with E-state index < -0.39 is 23.8 Å². The molecule has 0 bridgehead atoms. The number of carbonyl (C=O) groups excluding carboxylic acids is 2. The Kier molecular flexibility index (Phi) is 6.34. The zero-order valence-electron chi connectivity index (χ0n) is 17.2. The summed E-state index contributed by atoms with van der Waals surface area (Å²) in [7, 11) is 0. The van der Waals surface area contributed by atoms with Crippen molar-refractivity contribution in [3.05, 3.63) is 76.5 Å². The molecule has 2 aromatic rings. The minimum absolute atomic E-state index is 0.0386. The Morgan fingerprint density at radius 1 is 1.15 bits per heavy atom. The van der Waals surface area contributed by atoms with Crippen LogP contribution in [0, 0.1) is 11.3 Å². The Bertz CT molecular complexity index is 1170. The van der Waals surface area contributed by atoms with E-state index in [4.69, 9.17) is 5.26 Å². The number of rotatable bonds is 5. The van der Waals surface area contributed by atoms with Gasteiger partial charge in [-0.2, -0.15) is 18.4 Å². The fourth-order valence-electron chi connectivity index (χ4n) is 4.02. The maximum Gasteiger partial charge on any atom is 0.416 e. The normalized spacial score (nSPS) is 18.3. The molecule has 4 rings (SSSR count). The highest BCUT2D eigenvalue weighted by Crippen LogP contribution is 2.40. The van der Waals surface area contributed by atoms with Gasteiger partial charge in [0, 0.05) is 11.0 Å². The van der Waals surface area contributed by atoms with Crippen LogP contribution in [0.25, 0.3) is 0 Å². The monoisotopic (exact) mass is 566 g/mol. The number of nitrogens with one attached hydrogen (secondary N) is 1. The molecule has 2 aromatic carbocycles. The number of anilines is 1. The zero-order valence-corrected chi connectivity index (χ0v) is 19.4. The molecular formula is C23H18F3IN4O2. The van der Waals surface area contributed by atoms with E-state index >= 15 is 0 Å². The predicted molar refractivity (Wildman–Crippen MR) is 123 cm³/mol. The summed E-state index contributed by atoms with van der Waals surface area (Å²) in [6, 6.07) is 11.6. The fourth-order valence-corrected chi connectivity index (χ4v) is 4.36. The lowest BCUT2D eigenvalue weighted by Crippen LogP contribution is -2.47. The Morgan fingerprint density at radius 3 is 2.52 bits per heavy atom. The van der Waals surface area contributed by atoms with Crippen LogP contribution >= 0.6 is 22.6 Å². The van der Waals surface area contributed by atoms with Crippen molar-refractivity contribution in [1.29, 1.82) is 5.26 Å². The van der Waals surface area contributed by atoms with Gasteiger partial charge in [-0.3, -0.25) is 9.69 Å². The summed E-state index contributed by atoms with van der Waals surface area (Å²) in [5.74, 6) is -0.263. The number of urea groups is 1. The molecule has 10 heteroatoms. The van der Waals surface area contributed by atoms with E-state index in [1.165, 1.54) is 12.1 Å². The Balaban J connectivity index is 1.80. The molecule has 0 fully saturated rings. The van der Waals surface area contributed by atoms with Crippen LogP contribution in [0.1, 0.15) is 29.2 Å². The second-order valence-electron chi connectivity index (χ2n) is 7.63. The summed E-state index contributed by atoms with van der Waals surface area (Å²) >= 11 is 2.21. The van der Waals surface area contributed by atoms with Gasteiger partial charge in [-0.15, -0.1) is 0 Å². The molecule has 0 aromatic heterocycles. The topological polar surface area (TPSA) is 76.4 Å². The third kappa shape index (κ3) is 4.42. The smallest absolute Gasteiger partial charge is 0.333 e. The van der Waals surface area contributed by atoms with Crippen LogP contribution in [-0.4, -0.2) is 34.4 Å². The van der Waals surface area contributed by atoms with E-state index in [0.29, 0.717) is 28.9 Å². The lowest BCUT2D eigenvalue weighted by Gasteiger charge is -2.33. The molecule has 2 aliphatic rings. The number of carbonyl (C=O) groups is 2. The van der Waals surface area contributed by atoms with E-state index in [1.807, 2.05) is 6.07 Å². The van der Waals surface area contributed by atoms with Gasteiger partial charge in [-0.25, -0.2) is 4.79 Å². The van der Waals surface area contributed by atoms with Crippen molar-refractivity contribution in [1.82, 2.24) is 10.2 Å². The zero-order chi connectivity index (χ0) is 23.8. The van der Waals surface area contributed by atoms with E-state index in [-0.39, 0.29) is 18.1 Å². The van der Waals surface area contributed by atoms with Crippen molar-refractivity contribution < 1.29 is 22.8 Å². The molecule has 3 amide bonds. The van der Waals surface area contributed by atoms with Gasteiger partial charge in [-0.05, 0) is 42.3 Å². The van der Waals surface area contributed by atoms with E-state index in [1.54, 1.807) is 29.2 Å². The van der Waals surface area contributed by atoms with Gasteiger partial charge < -0.3 is 10.2 Å². The summed E-state index contributed by atoms with van der Waals surface area (Å²) in [5.41, 5.74) is 0.896. The van der Waals surface area contributed by atoms with Crippen molar-refractivity contribution >= 4 is 40.2 Å². The highest BCUT2D eigenvalue weighted by molar-refractivity contribution is 14.1. The number of hydrogen-bond acceptors (Lipinski definition) is 3. The first kappa shape index (κ1) is 23.1. The molecule has 0 unspecified atom stereocenters. The van der Waals surface area contributed by atoms with Crippen molar-refractivity contribution in [2.45, 2.75) is 18.6 Å². The number of benzene rings is 2. The molecule has 0 radical (unpaired) electrons. The van der Waals surface area contributed by atoms with Gasteiger partial charge >= 0.3 is 12.2 Å². The molecule has 170 valence electrons. The first-order valence-corrected chi connectivity index (χ1v) is 11.6. The molecule has 6 nitrogen and oxygen atoms in total. The maximum absolute atomic E-state index is 13.3. The highest BCUT2D eigenvalue weighted by Gasteiger charge is 2.44. The van der Waals surface area contributed by atoms with E-state index in [0.717, 1.165) is 27.9 Å². The molecular weight excluding hydrogens is 548 g/mol. The lowest BCUT2D eigenvalue weighted by atomic mass is 9.94. The van der Waals surface area contributed by atoms with Crippen LogP contribution in [0.5, 0.6) is 0 Å². The van der Waals surface area contributed by atoms with Gasteiger partial charge in [0.1, 0.15) is 0 Å². The SMILES string of the molecule is N#Cc1ccc([C@H]2NC(=O)N(c3cccc(C(F)(F)F)c3)C3=C2C(=O)N(CCCI)C3)cc1. The van der Waals surface area contributed by atoms with Crippen LogP contribution in [0.3, 0.4) is 0 Å². The quantitative estimate of drug-likeness (QED) is 0.419. The van der Waals surface area contributed by atoms with Gasteiger partial charge in [0.25, 0.3) is 5.91 Å². The summed E-state index contributed by atoms with van der Waals surface area (Å²) in [6.45, 7) is 0.598. The van der Waals surface area contributed by atoms with Crippen molar-refractivity contribution in [3.8, 4) is 6.07 Å². The average molecular weight is 566 g/mol. The maximum atomic E-state index is 13.3. The molecule has 33 heavy (non-hydrogen) atoms. The molecule has 0 spiro atoms. The van der Waals surface area contributed by atoms with Crippen LogP contribution < -0.4 is 10.2 Å². The first-order chi connectivity index (χ1) is 15.7. The summed E-state index contributed by atoms with van der Waals surface area (Å²) in [6.07, 6.45) is -3.82. The molecule has 0 saturated carbocycles.